The van der Waals surface area contributed by atoms with Crippen LogP contribution >= 0.6 is 23.8 Å². The van der Waals surface area contributed by atoms with E-state index in [1.165, 1.54) is 5.56 Å². The maximum Gasteiger partial charge on any atom is 0.173 e. The first-order valence-electron chi connectivity index (χ1n) is 9.92. The number of aryl methyl sites for hydroxylation is 2. The number of anilines is 1. The minimum atomic E-state index is 0.604. The monoisotopic (exact) mass is 437 g/mol. The Bertz CT molecular complexity index is 1170. The molecule has 0 saturated heterocycles. The van der Waals surface area contributed by atoms with Gasteiger partial charge >= 0.3 is 0 Å². The van der Waals surface area contributed by atoms with Crippen LogP contribution in [0.3, 0.4) is 0 Å². The predicted molar refractivity (Wildman–Crippen MR) is 128 cm³/mol. The molecule has 30 heavy (non-hydrogen) atoms. The highest BCUT2D eigenvalue weighted by molar-refractivity contribution is 7.80. The van der Waals surface area contributed by atoms with Crippen LogP contribution in [0.25, 0.3) is 10.9 Å². The molecule has 0 atom stereocenters. The summed E-state index contributed by atoms with van der Waals surface area (Å²) >= 11 is 12.0. The molecule has 6 heteroatoms. The minimum Gasteiger partial charge on any atom is -0.467 e. The van der Waals surface area contributed by atoms with Crippen molar-refractivity contribution in [1.82, 2.24) is 9.88 Å². The van der Waals surface area contributed by atoms with E-state index in [2.05, 4.69) is 35.1 Å². The normalized spacial score (nSPS) is 11.0. The van der Waals surface area contributed by atoms with Gasteiger partial charge in [-0.3, -0.25) is 0 Å². The van der Waals surface area contributed by atoms with Crippen LogP contribution in [0.4, 0.5) is 5.69 Å². The Morgan fingerprint density at radius 3 is 2.73 bits per heavy atom. The van der Waals surface area contributed by atoms with Crippen LogP contribution < -0.4 is 5.32 Å². The van der Waals surface area contributed by atoms with Gasteiger partial charge in [0, 0.05) is 33.9 Å². The van der Waals surface area contributed by atoms with Crippen molar-refractivity contribution in [3.63, 3.8) is 0 Å². The first kappa shape index (κ1) is 20.5. The van der Waals surface area contributed by atoms with Crippen LogP contribution in [0.1, 0.15) is 22.6 Å². The number of thiocarbonyl (C=S) groups is 1. The Balaban J connectivity index is 1.56. The van der Waals surface area contributed by atoms with E-state index in [-0.39, 0.29) is 0 Å². The molecule has 4 rings (SSSR count). The molecule has 4 nitrogen and oxygen atoms in total. The smallest absolute Gasteiger partial charge is 0.173 e. The van der Waals surface area contributed by atoms with Crippen LogP contribution in [0.2, 0.25) is 5.02 Å². The Labute approximate surface area is 186 Å². The Morgan fingerprint density at radius 2 is 1.97 bits per heavy atom. The van der Waals surface area contributed by atoms with Gasteiger partial charge in [0.05, 0.1) is 12.8 Å². The van der Waals surface area contributed by atoms with Gasteiger partial charge in [0.2, 0.25) is 0 Å². The molecule has 4 aromatic rings. The van der Waals surface area contributed by atoms with Gasteiger partial charge in [0.25, 0.3) is 0 Å². The number of furan rings is 1. The molecule has 0 unspecified atom stereocenters. The number of rotatable bonds is 6. The fraction of sp³-hybridized carbons (Fsp3) is 0.208. The van der Waals surface area contributed by atoms with E-state index in [1.807, 2.05) is 48.5 Å². The third-order valence-electron chi connectivity index (χ3n) is 5.31. The topological polar surface area (TPSA) is 44.2 Å². The molecule has 0 fully saturated rings. The summed E-state index contributed by atoms with van der Waals surface area (Å²) in [6.07, 6.45) is 2.53. The van der Waals surface area contributed by atoms with Gasteiger partial charge < -0.3 is 19.6 Å². The van der Waals surface area contributed by atoms with E-state index in [0.717, 1.165) is 51.6 Å². The SMILES string of the molecule is Cc1ccccc1NC(=S)N(CCc1c(C)[nH]c2ccc(Cl)cc12)Cc1ccco1. The highest BCUT2D eigenvalue weighted by atomic mass is 35.5. The average Bonchev–Trinajstić information content (AvgIpc) is 3.34. The largest absolute Gasteiger partial charge is 0.467 e. The number of nitrogens with one attached hydrogen (secondary N) is 2. The first-order chi connectivity index (χ1) is 14.5. The van der Waals surface area contributed by atoms with Crippen LogP contribution in [-0.2, 0) is 13.0 Å². The molecule has 0 bridgehead atoms. The second kappa shape index (κ2) is 8.94. The number of aromatic nitrogens is 1. The van der Waals surface area contributed by atoms with Crippen molar-refractivity contribution < 1.29 is 4.42 Å². The lowest BCUT2D eigenvalue weighted by Gasteiger charge is -2.25. The summed E-state index contributed by atoms with van der Waals surface area (Å²) in [6.45, 7) is 5.52. The summed E-state index contributed by atoms with van der Waals surface area (Å²) in [5, 5.41) is 5.98. The van der Waals surface area contributed by atoms with Gasteiger partial charge in [-0.15, -0.1) is 0 Å². The molecular weight excluding hydrogens is 414 g/mol. The molecule has 0 amide bonds. The summed E-state index contributed by atoms with van der Waals surface area (Å²) in [6, 6.07) is 18.0. The van der Waals surface area contributed by atoms with E-state index in [4.69, 9.17) is 28.2 Å². The van der Waals surface area contributed by atoms with Crippen molar-refractivity contribution in [3.8, 4) is 0 Å². The minimum absolute atomic E-state index is 0.604. The number of H-pyrrole nitrogens is 1. The Morgan fingerprint density at radius 1 is 1.13 bits per heavy atom. The van der Waals surface area contributed by atoms with Gasteiger partial charge in [-0.1, -0.05) is 29.8 Å². The molecule has 0 radical (unpaired) electrons. The van der Waals surface area contributed by atoms with E-state index in [9.17, 15) is 0 Å². The van der Waals surface area contributed by atoms with E-state index in [0.29, 0.717) is 11.7 Å². The van der Waals surface area contributed by atoms with Gasteiger partial charge in [-0.25, -0.2) is 0 Å². The highest BCUT2D eigenvalue weighted by Gasteiger charge is 2.16. The van der Waals surface area contributed by atoms with Gasteiger partial charge in [0.15, 0.2) is 5.11 Å². The number of benzene rings is 2. The molecule has 2 aromatic heterocycles. The number of hydrogen-bond acceptors (Lipinski definition) is 2. The van der Waals surface area contributed by atoms with Crippen molar-refractivity contribution in [2.75, 3.05) is 11.9 Å². The van der Waals surface area contributed by atoms with Gasteiger partial charge in [-0.2, -0.15) is 0 Å². The van der Waals surface area contributed by atoms with Crippen LogP contribution in [-0.4, -0.2) is 21.5 Å². The molecule has 0 spiro atoms. The predicted octanol–water partition coefficient (Wildman–Crippen LogP) is 6.47. The molecule has 0 saturated carbocycles. The number of para-hydroxylation sites is 1. The standard InChI is InChI=1S/C24H24ClN3OS/c1-16-6-3-4-8-22(16)27-24(30)28(15-19-7-5-13-29-19)12-11-20-17(2)26-23-10-9-18(25)14-21(20)23/h3-10,13-14,26H,11-12,15H2,1-2H3,(H,27,30). The molecule has 0 aliphatic carbocycles. The van der Waals surface area contributed by atoms with E-state index < -0.39 is 0 Å². The second-order valence-electron chi connectivity index (χ2n) is 7.41. The van der Waals surface area contributed by atoms with Crippen LogP contribution in [0, 0.1) is 13.8 Å². The maximum absolute atomic E-state index is 6.25. The first-order valence-corrected chi connectivity index (χ1v) is 10.7. The Hall–Kier alpha value is -2.76. The lowest BCUT2D eigenvalue weighted by atomic mass is 10.1. The Kier molecular flexibility index (Phi) is 6.11. The zero-order valence-electron chi connectivity index (χ0n) is 17.0. The molecule has 2 heterocycles. The number of halogens is 1. The van der Waals surface area contributed by atoms with Gasteiger partial charge in [0.1, 0.15) is 5.76 Å². The lowest BCUT2D eigenvalue weighted by molar-refractivity contribution is 0.368. The molecule has 154 valence electrons. The van der Waals surface area contributed by atoms with Gasteiger partial charge in [-0.05, 0) is 80.0 Å². The lowest BCUT2D eigenvalue weighted by Crippen LogP contribution is -2.36. The number of fused-ring (bicyclic) bond motifs is 1. The van der Waals surface area contributed by atoms with E-state index in [1.54, 1.807) is 6.26 Å². The van der Waals surface area contributed by atoms with Crippen LogP contribution in [0.15, 0.2) is 65.3 Å². The summed E-state index contributed by atoms with van der Waals surface area (Å²) in [4.78, 5) is 5.60. The summed E-state index contributed by atoms with van der Waals surface area (Å²) in [7, 11) is 0. The third kappa shape index (κ3) is 4.53. The third-order valence-corrected chi connectivity index (χ3v) is 5.91. The maximum atomic E-state index is 6.25. The van der Waals surface area contributed by atoms with Crippen molar-refractivity contribution in [2.45, 2.75) is 26.8 Å². The second-order valence-corrected chi connectivity index (χ2v) is 8.24. The summed E-state index contributed by atoms with van der Waals surface area (Å²) in [5.74, 6) is 0.877. The van der Waals surface area contributed by atoms with Crippen molar-refractivity contribution in [3.05, 3.63) is 88.5 Å². The summed E-state index contributed by atoms with van der Waals surface area (Å²) < 4.78 is 5.58. The molecule has 2 aromatic carbocycles. The summed E-state index contributed by atoms with van der Waals surface area (Å²) in [5.41, 5.74) is 5.69. The zero-order chi connectivity index (χ0) is 21.1. The number of nitrogens with zero attached hydrogens (tertiary/aromatic N) is 1. The molecule has 2 N–H and O–H groups in total. The number of hydrogen-bond donors (Lipinski definition) is 2. The molecule has 0 aliphatic heterocycles. The van der Waals surface area contributed by atoms with Crippen molar-refractivity contribution in [1.29, 1.82) is 0 Å². The highest BCUT2D eigenvalue weighted by Crippen LogP contribution is 2.26. The van der Waals surface area contributed by atoms with Crippen molar-refractivity contribution in [2.24, 2.45) is 0 Å². The van der Waals surface area contributed by atoms with E-state index >= 15 is 0 Å². The number of aromatic amines is 1. The van der Waals surface area contributed by atoms with Crippen LogP contribution in [0.5, 0.6) is 0 Å². The van der Waals surface area contributed by atoms with Crippen molar-refractivity contribution >= 4 is 45.5 Å². The fourth-order valence-corrected chi connectivity index (χ4v) is 4.11. The zero-order valence-corrected chi connectivity index (χ0v) is 18.6. The quantitative estimate of drug-likeness (QED) is 0.339. The fourth-order valence-electron chi connectivity index (χ4n) is 3.67. The average molecular weight is 438 g/mol. The molecular formula is C24H24ClN3OS. The molecule has 0 aliphatic rings.